The van der Waals surface area contributed by atoms with E-state index in [2.05, 4.69) is 12.2 Å². The summed E-state index contributed by atoms with van der Waals surface area (Å²) in [7, 11) is -0.451. The Balaban J connectivity index is 1.39. The van der Waals surface area contributed by atoms with Gasteiger partial charge < -0.3 is 9.31 Å². The van der Waals surface area contributed by atoms with Crippen molar-refractivity contribution in [3.05, 3.63) is 36.4 Å². The maximum absolute atomic E-state index is 12.9. The van der Waals surface area contributed by atoms with Crippen molar-refractivity contribution in [2.75, 3.05) is 4.90 Å². The van der Waals surface area contributed by atoms with Gasteiger partial charge in [0.1, 0.15) is 0 Å². The molecule has 5 nitrogen and oxygen atoms in total. The van der Waals surface area contributed by atoms with Crippen LogP contribution in [0.25, 0.3) is 0 Å². The molecule has 2 amide bonds. The van der Waals surface area contributed by atoms with E-state index in [9.17, 15) is 9.59 Å². The van der Waals surface area contributed by atoms with Gasteiger partial charge in [-0.15, -0.1) is 0 Å². The number of hydrogen-bond acceptors (Lipinski definition) is 4. The first-order valence-corrected chi connectivity index (χ1v) is 9.71. The molecule has 4 aliphatic rings. The molecule has 2 aliphatic carbocycles. The zero-order chi connectivity index (χ0) is 19.1. The summed E-state index contributed by atoms with van der Waals surface area (Å²) in [5, 5.41) is 0. The third kappa shape index (κ3) is 2.26. The second kappa shape index (κ2) is 5.33. The average molecular weight is 365 g/mol. The summed E-state index contributed by atoms with van der Waals surface area (Å²) >= 11 is 0. The van der Waals surface area contributed by atoms with E-state index >= 15 is 0 Å². The lowest BCUT2D eigenvalue weighted by atomic mass is 9.79. The van der Waals surface area contributed by atoms with Gasteiger partial charge in [-0.1, -0.05) is 24.3 Å². The van der Waals surface area contributed by atoms with E-state index in [1.165, 1.54) is 4.90 Å². The molecule has 0 spiro atoms. The van der Waals surface area contributed by atoms with E-state index in [1.54, 1.807) is 0 Å². The molecule has 0 unspecified atom stereocenters. The van der Waals surface area contributed by atoms with Gasteiger partial charge in [-0.05, 0) is 63.5 Å². The lowest BCUT2D eigenvalue weighted by Gasteiger charge is -2.32. The van der Waals surface area contributed by atoms with E-state index < -0.39 is 18.3 Å². The van der Waals surface area contributed by atoms with Gasteiger partial charge in [0.05, 0.1) is 28.7 Å². The number of amides is 2. The zero-order valence-corrected chi connectivity index (χ0v) is 16.1. The van der Waals surface area contributed by atoms with Crippen molar-refractivity contribution in [1.82, 2.24) is 0 Å². The Morgan fingerprint density at radius 1 is 0.889 bits per heavy atom. The number of fused-ring (bicyclic) bond motifs is 5. The van der Waals surface area contributed by atoms with E-state index in [-0.39, 0.29) is 35.5 Å². The maximum atomic E-state index is 12.9. The predicted octanol–water partition coefficient (Wildman–Crippen LogP) is 2.30. The monoisotopic (exact) mass is 365 g/mol. The van der Waals surface area contributed by atoms with Crippen LogP contribution in [0.4, 0.5) is 5.69 Å². The molecule has 27 heavy (non-hydrogen) atoms. The Kier molecular flexibility index (Phi) is 3.39. The van der Waals surface area contributed by atoms with Gasteiger partial charge in [0.25, 0.3) is 0 Å². The van der Waals surface area contributed by atoms with Crippen LogP contribution in [0, 0.1) is 23.7 Å². The van der Waals surface area contributed by atoms with Gasteiger partial charge in [-0.25, -0.2) is 0 Å². The first-order chi connectivity index (χ1) is 12.7. The van der Waals surface area contributed by atoms with Crippen molar-refractivity contribution in [2.45, 2.75) is 45.3 Å². The molecule has 140 valence electrons. The number of rotatable bonds is 2. The topological polar surface area (TPSA) is 55.8 Å². The smallest absolute Gasteiger partial charge is 0.399 e. The Bertz CT molecular complexity index is 813. The number of carbonyl (C=O) groups is 2. The van der Waals surface area contributed by atoms with Crippen LogP contribution in [0.1, 0.15) is 34.1 Å². The van der Waals surface area contributed by atoms with Crippen LogP contribution < -0.4 is 10.4 Å². The molecule has 5 rings (SSSR count). The molecule has 0 N–H and O–H groups in total. The Labute approximate surface area is 159 Å². The zero-order valence-electron chi connectivity index (χ0n) is 16.1. The van der Waals surface area contributed by atoms with Crippen LogP contribution in [0.2, 0.25) is 0 Å². The molecule has 1 aromatic rings. The van der Waals surface area contributed by atoms with Gasteiger partial charge in [-0.2, -0.15) is 0 Å². The van der Waals surface area contributed by atoms with Gasteiger partial charge in [0.2, 0.25) is 11.8 Å². The van der Waals surface area contributed by atoms with Crippen molar-refractivity contribution in [3.63, 3.8) is 0 Å². The summed E-state index contributed by atoms with van der Waals surface area (Å²) in [6.45, 7) is 8.07. The first kappa shape index (κ1) is 17.2. The highest BCUT2D eigenvalue weighted by atomic mass is 16.7. The molecule has 0 aromatic heterocycles. The second-order valence-corrected chi connectivity index (χ2v) is 9.19. The largest absolute Gasteiger partial charge is 0.494 e. The Morgan fingerprint density at radius 3 is 1.85 bits per heavy atom. The first-order valence-electron chi connectivity index (χ1n) is 9.71. The highest BCUT2D eigenvalue weighted by molar-refractivity contribution is 6.62. The van der Waals surface area contributed by atoms with Gasteiger partial charge in [0.15, 0.2) is 0 Å². The van der Waals surface area contributed by atoms with Crippen LogP contribution >= 0.6 is 0 Å². The number of allylic oxidation sites excluding steroid dienone is 2. The molecule has 3 fully saturated rings. The van der Waals surface area contributed by atoms with Crippen molar-refractivity contribution in [2.24, 2.45) is 23.7 Å². The fourth-order valence-corrected chi connectivity index (χ4v) is 4.92. The van der Waals surface area contributed by atoms with E-state index in [0.717, 1.165) is 11.9 Å². The number of hydrogen-bond donors (Lipinski definition) is 0. The molecule has 1 aromatic carbocycles. The number of anilines is 1. The fourth-order valence-electron chi connectivity index (χ4n) is 4.92. The third-order valence-electron chi connectivity index (χ3n) is 7.15. The SMILES string of the molecule is CC1(C)OB(c2ccc(N3C(=O)[C@@H]4[C@H](C3=O)[C@@H]3C=C[C@H]4C3)cc2)OC1(C)C. The molecule has 4 atom stereocenters. The Morgan fingerprint density at radius 2 is 1.37 bits per heavy atom. The van der Waals surface area contributed by atoms with Crippen LogP contribution in [-0.2, 0) is 18.9 Å². The standard InChI is InChI=1S/C21H24BNO4/c1-20(2)21(3,4)27-22(26-20)14-7-9-15(10-8-14)23-18(24)16-12-5-6-13(11-12)17(16)19(23)25/h5-10,12-13,16-17H,11H2,1-4H3/t12-,13+,16-,17+. The van der Waals surface area contributed by atoms with Crippen molar-refractivity contribution < 1.29 is 18.9 Å². The van der Waals surface area contributed by atoms with E-state index in [1.807, 2.05) is 52.0 Å². The molecule has 2 bridgehead atoms. The summed E-state index contributed by atoms with van der Waals surface area (Å²) in [5.41, 5.74) is 0.722. The normalized spacial score (nSPS) is 35.4. The Hall–Kier alpha value is -1.92. The molecule has 2 heterocycles. The molecule has 1 saturated carbocycles. The third-order valence-corrected chi connectivity index (χ3v) is 7.15. The highest BCUT2D eigenvalue weighted by Gasteiger charge is 2.59. The van der Waals surface area contributed by atoms with Crippen LogP contribution in [0.15, 0.2) is 36.4 Å². The summed E-state index contributed by atoms with van der Waals surface area (Å²) in [6.07, 6.45) is 5.17. The molecule has 2 saturated heterocycles. The summed E-state index contributed by atoms with van der Waals surface area (Å²) in [4.78, 5) is 27.2. The van der Waals surface area contributed by atoms with Crippen LogP contribution in [-0.4, -0.2) is 30.1 Å². The van der Waals surface area contributed by atoms with Crippen molar-refractivity contribution in [1.29, 1.82) is 0 Å². The minimum Gasteiger partial charge on any atom is -0.399 e. The summed E-state index contributed by atoms with van der Waals surface area (Å²) in [5.74, 6) is 0.0111. The molecule has 6 heteroatoms. The molecular formula is C21H24BNO4. The summed E-state index contributed by atoms with van der Waals surface area (Å²) < 4.78 is 12.2. The quantitative estimate of drug-likeness (QED) is 0.459. The predicted molar refractivity (Wildman–Crippen MR) is 102 cm³/mol. The summed E-state index contributed by atoms with van der Waals surface area (Å²) in [6, 6.07) is 7.43. The van der Waals surface area contributed by atoms with E-state index in [4.69, 9.17) is 9.31 Å². The van der Waals surface area contributed by atoms with Crippen molar-refractivity contribution in [3.8, 4) is 0 Å². The van der Waals surface area contributed by atoms with Gasteiger partial charge >= 0.3 is 7.12 Å². The molecule has 2 aliphatic heterocycles. The average Bonchev–Trinajstić information content (AvgIpc) is 3.32. The number of benzene rings is 1. The number of carbonyl (C=O) groups excluding carboxylic acids is 2. The van der Waals surface area contributed by atoms with Gasteiger partial charge in [-0.3, -0.25) is 14.5 Å². The lowest BCUT2D eigenvalue weighted by Crippen LogP contribution is -2.41. The number of imide groups is 1. The minimum atomic E-state index is -0.451. The lowest BCUT2D eigenvalue weighted by molar-refractivity contribution is -0.123. The maximum Gasteiger partial charge on any atom is 0.494 e. The van der Waals surface area contributed by atoms with Crippen molar-refractivity contribution >= 4 is 30.1 Å². The molecule has 0 radical (unpaired) electrons. The van der Waals surface area contributed by atoms with E-state index in [0.29, 0.717) is 5.69 Å². The minimum absolute atomic E-state index is 0.0507. The highest BCUT2D eigenvalue weighted by Crippen LogP contribution is 2.53. The number of nitrogens with zero attached hydrogens (tertiary/aromatic N) is 1. The fraction of sp³-hybridized carbons (Fsp3) is 0.524. The van der Waals surface area contributed by atoms with Crippen LogP contribution in [0.3, 0.4) is 0 Å². The second-order valence-electron chi connectivity index (χ2n) is 9.19. The molecular weight excluding hydrogens is 341 g/mol. The van der Waals surface area contributed by atoms with Crippen LogP contribution in [0.5, 0.6) is 0 Å². The van der Waals surface area contributed by atoms with Gasteiger partial charge in [0, 0.05) is 0 Å².